The second kappa shape index (κ2) is 7.27. The predicted molar refractivity (Wildman–Crippen MR) is 90.7 cm³/mol. The van der Waals surface area contributed by atoms with Crippen molar-refractivity contribution >= 4 is 11.7 Å². The van der Waals surface area contributed by atoms with Crippen molar-refractivity contribution in [3.05, 3.63) is 47.5 Å². The summed E-state index contributed by atoms with van der Waals surface area (Å²) >= 11 is 0. The molecule has 0 aliphatic carbocycles. The van der Waals surface area contributed by atoms with Crippen molar-refractivity contribution in [2.45, 2.75) is 20.4 Å². The van der Waals surface area contributed by atoms with Crippen LogP contribution in [0.4, 0.5) is 5.82 Å². The van der Waals surface area contributed by atoms with Gasteiger partial charge in [0, 0.05) is 11.6 Å². The first-order valence-electron chi connectivity index (χ1n) is 7.81. The molecule has 0 aliphatic heterocycles. The summed E-state index contributed by atoms with van der Waals surface area (Å²) in [6, 6.07) is 9.50. The number of benzene rings is 1. The minimum Gasteiger partial charge on any atom is -0.419 e. The van der Waals surface area contributed by atoms with Crippen LogP contribution in [0.3, 0.4) is 0 Å². The van der Waals surface area contributed by atoms with Gasteiger partial charge in [-0.05, 0) is 33.0 Å². The normalized spacial score (nSPS) is 11.0. The van der Waals surface area contributed by atoms with E-state index < -0.39 is 0 Å². The molecule has 0 saturated heterocycles. The summed E-state index contributed by atoms with van der Waals surface area (Å²) in [6.45, 7) is 4.29. The van der Waals surface area contributed by atoms with Gasteiger partial charge in [-0.15, -0.1) is 10.2 Å². The Kier molecular flexibility index (Phi) is 4.90. The van der Waals surface area contributed by atoms with E-state index in [1.165, 1.54) is 0 Å². The molecule has 25 heavy (non-hydrogen) atoms. The van der Waals surface area contributed by atoms with Crippen molar-refractivity contribution < 1.29 is 13.7 Å². The van der Waals surface area contributed by atoms with Gasteiger partial charge in [0.2, 0.25) is 17.7 Å². The van der Waals surface area contributed by atoms with Crippen LogP contribution in [0.2, 0.25) is 0 Å². The number of hydrogen-bond acceptors (Lipinski definition) is 7. The number of nitrogens with one attached hydrogen (secondary N) is 1. The molecule has 2 aromatic heterocycles. The van der Waals surface area contributed by atoms with Crippen molar-refractivity contribution in [1.82, 2.24) is 20.3 Å². The molecule has 1 N–H and O–H groups in total. The van der Waals surface area contributed by atoms with Crippen LogP contribution >= 0.6 is 0 Å². The molecular weight excluding hydrogens is 322 g/mol. The summed E-state index contributed by atoms with van der Waals surface area (Å²) in [7, 11) is 1.80. The van der Waals surface area contributed by atoms with E-state index in [4.69, 9.17) is 8.94 Å². The molecule has 0 radical (unpaired) electrons. The first kappa shape index (κ1) is 16.8. The number of hydrogen-bond donors (Lipinski definition) is 1. The summed E-state index contributed by atoms with van der Waals surface area (Å²) in [5, 5.41) is 14.5. The van der Waals surface area contributed by atoms with Crippen LogP contribution < -0.4 is 5.32 Å². The number of amides is 1. The first-order chi connectivity index (χ1) is 12.0. The molecule has 0 fully saturated rings. The van der Waals surface area contributed by atoms with Crippen LogP contribution in [-0.4, -0.2) is 39.8 Å². The number of aryl methyl sites for hydroxylation is 2. The average molecular weight is 341 g/mol. The highest BCUT2D eigenvalue weighted by atomic mass is 16.5. The van der Waals surface area contributed by atoms with Crippen molar-refractivity contribution in [2.75, 3.05) is 18.9 Å². The third-order valence-electron chi connectivity index (χ3n) is 3.45. The number of carbonyl (C=O) groups is 1. The molecule has 0 saturated carbocycles. The standard InChI is InChI=1S/C17H19N5O3/c1-11-5-4-6-13(7-11)17-20-19-16(24-17)10-22(3)9-15(23)18-14-8-12(2)25-21-14/h4-8H,9-10H2,1-3H3,(H,18,21,23). The third-order valence-corrected chi connectivity index (χ3v) is 3.45. The molecule has 0 atom stereocenters. The molecule has 3 aromatic rings. The molecule has 1 aromatic carbocycles. The molecule has 3 rings (SSSR count). The Morgan fingerprint density at radius 1 is 1.24 bits per heavy atom. The van der Waals surface area contributed by atoms with Gasteiger partial charge in [0.15, 0.2) is 5.82 Å². The zero-order chi connectivity index (χ0) is 17.8. The summed E-state index contributed by atoms with van der Waals surface area (Å²) in [4.78, 5) is 13.8. The average Bonchev–Trinajstić information content (AvgIpc) is 3.16. The Hall–Kier alpha value is -3.00. The number of aromatic nitrogens is 3. The Balaban J connectivity index is 1.56. The summed E-state index contributed by atoms with van der Waals surface area (Å²) in [5.41, 5.74) is 2.00. The maximum absolute atomic E-state index is 12.0. The zero-order valence-electron chi connectivity index (χ0n) is 14.3. The van der Waals surface area contributed by atoms with Crippen molar-refractivity contribution in [1.29, 1.82) is 0 Å². The fourth-order valence-electron chi connectivity index (χ4n) is 2.35. The molecule has 130 valence electrons. The fraction of sp³-hybridized carbons (Fsp3) is 0.294. The van der Waals surface area contributed by atoms with E-state index >= 15 is 0 Å². The van der Waals surface area contributed by atoms with Gasteiger partial charge < -0.3 is 14.3 Å². The van der Waals surface area contributed by atoms with E-state index in [0.717, 1.165) is 11.1 Å². The van der Waals surface area contributed by atoms with Crippen LogP contribution in [-0.2, 0) is 11.3 Å². The monoisotopic (exact) mass is 341 g/mol. The van der Waals surface area contributed by atoms with Gasteiger partial charge in [0.05, 0.1) is 13.1 Å². The number of likely N-dealkylation sites (N-methyl/N-ethyl adjacent to an activating group) is 1. The van der Waals surface area contributed by atoms with Gasteiger partial charge in [-0.2, -0.15) is 0 Å². The summed E-state index contributed by atoms with van der Waals surface area (Å²) < 4.78 is 10.6. The topological polar surface area (TPSA) is 97.3 Å². The van der Waals surface area contributed by atoms with Crippen molar-refractivity contribution in [2.24, 2.45) is 0 Å². The fourth-order valence-corrected chi connectivity index (χ4v) is 2.35. The number of anilines is 1. The number of rotatable bonds is 6. The zero-order valence-corrected chi connectivity index (χ0v) is 14.3. The molecule has 8 heteroatoms. The molecule has 0 aliphatic rings. The van der Waals surface area contributed by atoms with E-state index in [9.17, 15) is 4.79 Å². The predicted octanol–water partition coefficient (Wildman–Crippen LogP) is 2.41. The molecule has 1 amide bonds. The first-order valence-corrected chi connectivity index (χ1v) is 7.81. The highest BCUT2D eigenvalue weighted by Gasteiger charge is 2.14. The van der Waals surface area contributed by atoms with E-state index in [-0.39, 0.29) is 12.5 Å². The Morgan fingerprint density at radius 3 is 2.80 bits per heavy atom. The smallest absolute Gasteiger partial charge is 0.247 e. The van der Waals surface area contributed by atoms with E-state index in [0.29, 0.717) is 29.9 Å². The lowest BCUT2D eigenvalue weighted by Crippen LogP contribution is -2.30. The molecule has 8 nitrogen and oxygen atoms in total. The van der Waals surface area contributed by atoms with Gasteiger partial charge in [-0.1, -0.05) is 22.9 Å². The van der Waals surface area contributed by atoms with Crippen LogP contribution in [0.25, 0.3) is 11.5 Å². The minimum absolute atomic E-state index is 0.161. The Bertz CT molecular complexity index is 871. The highest BCUT2D eigenvalue weighted by Crippen LogP contribution is 2.19. The van der Waals surface area contributed by atoms with Crippen LogP contribution in [0.1, 0.15) is 17.2 Å². The molecule has 2 heterocycles. The van der Waals surface area contributed by atoms with Crippen molar-refractivity contribution in [3.63, 3.8) is 0 Å². The minimum atomic E-state index is -0.200. The SMILES string of the molecule is Cc1cccc(-c2nnc(CN(C)CC(=O)Nc3cc(C)on3)o2)c1. The maximum Gasteiger partial charge on any atom is 0.247 e. The second-order valence-electron chi connectivity index (χ2n) is 5.91. The van der Waals surface area contributed by atoms with Crippen LogP contribution in [0, 0.1) is 13.8 Å². The third kappa shape index (κ3) is 4.51. The van der Waals surface area contributed by atoms with Gasteiger partial charge in [0.25, 0.3) is 0 Å². The van der Waals surface area contributed by atoms with Crippen molar-refractivity contribution in [3.8, 4) is 11.5 Å². The lowest BCUT2D eigenvalue weighted by molar-refractivity contribution is -0.117. The van der Waals surface area contributed by atoms with E-state index in [1.807, 2.05) is 31.2 Å². The second-order valence-corrected chi connectivity index (χ2v) is 5.91. The summed E-state index contributed by atoms with van der Waals surface area (Å²) in [6.07, 6.45) is 0. The largest absolute Gasteiger partial charge is 0.419 e. The maximum atomic E-state index is 12.0. The van der Waals surface area contributed by atoms with Gasteiger partial charge in [-0.25, -0.2) is 0 Å². The lowest BCUT2D eigenvalue weighted by Gasteiger charge is -2.12. The number of carbonyl (C=O) groups excluding carboxylic acids is 1. The van der Waals surface area contributed by atoms with E-state index in [1.54, 1.807) is 24.9 Å². The van der Waals surface area contributed by atoms with Gasteiger partial charge in [-0.3, -0.25) is 9.69 Å². The van der Waals surface area contributed by atoms with Gasteiger partial charge >= 0.3 is 0 Å². The van der Waals surface area contributed by atoms with Crippen LogP contribution in [0.15, 0.2) is 39.3 Å². The highest BCUT2D eigenvalue weighted by molar-refractivity contribution is 5.91. The Labute approximate surface area is 144 Å². The quantitative estimate of drug-likeness (QED) is 0.735. The summed E-state index contributed by atoms with van der Waals surface area (Å²) in [5.74, 6) is 1.75. The van der Waals surface area contributed by atoms with Crippen LogP contribution in [0.5, 0.6) is 0 Å². The molecular formula is C17H19N5O3. The molecule has 0 unspecified atom stereocenters. The van der Waals surface area contributed by atoms with E-state index in [2.05, 4.69) is 20.7 Å². The molecule has 0 spiro atoms. The number of nitrogens with zero attached hydrogens (tertiary/aromatic N) is 4. The Morgan fingerprint density at radius 2 is 2.08 bits per heavy atom. The lowest BCUT2D eigenvalue weighted by atomic mass is 10.1. The van der Waals surface area contributed by atoms with Gasteiger partial charge in [0.1, 0.15) is 5.76 Å². The molecule has 0 bridgehead atoms.